The topological polar surface area (TPSA) is 101 Å². The third-order valence-corrected chi connectivity index (χ3v) is 7.18. The average molecular weight is 469 g/mol. The fourth-order valence-corrected chi connectivity index (χ4v) is 5.64. The van der Waals surface area contributed by atoms with E-state index in [1.165, 1.54) is 38.0 Å². The van der Waals surface area contributed by atoms with Gasteiger partial charge in [-0.15, -0.1) is 11.8 Å². The van der Waals surface area contributed by atoms with E-state index in [4.69, 9.17) is 18.9 Å². The Labute approximate surface area is 196 Å². The first kappa shape index (κ1) is 22.8. The van der Waals surface area contributed by atoms with Gasteiger partial charge in [0, 0.05) is 17.9 Å². The molecule has 2 aliphatic rings. The van der Waals surface area contributed by atoms with Gasteiger partial charge in [0.15, 0.2) is 17.2 Å². The van der Waals surface area contributed by atoms with E-state index in [9.17, 15) is 15.2 Å². The second kappa shape index (κ2) is 8.89. The molecule has 2 unspecified atom stereocenters. The van der Waals surface area contributed by atoms with E-state index in [1.54, 1.807) is 43.5 Å². The summed E-state index contributed by atoms with van der Waals surface area (Å²) in [5, 5.41) is 22.1. The Bertz CT molecular complexity index is 1130. The summed E-state index contributed by atoms with van der Waals surface area (Å²) in [5.41, 5.74) is 0.120. The lowest BCUT2D eigenvalue weighted by atomic mass is 9.85. The first-order chi connectivity index (χ1) is 15.9. The number of aliphatic hydroxyl groups is 1. The first-order valence-electron chi connectivity index (χ1n) is 10.2. The van der Waals surface area contributed by atoms with Crippen molar-refractivity contribution in [1.82, 2.24) is 4.90 Å². The van der Waals surface area contributed by atoms with Crippen molar-refractivity contribution < 1.29 is 28.8 Å². The number of methoxy groups -OCH3 is 4. The Morgan fingerprint density at radius 3 is 2.21 bits per heavy atom. The molecule has 0 spiro atoms. The van der Waals surface area contributed by atoms with E-state index >= 15 is 0 Å². The van der Waals surface area contributed by atoms with Gasteiger partial charge in [-0.2, -0.15) is 5.26 Å². The smallest absolute Gasteiger partial charge is 0.231 e. The number of hydrogen-bond donors (Lipinski definition) is 1. The van der Waals surface area contributed by atoms with Gasteiger partial charge < -0.3 is 24.1 Å². The van der Waals surface area contributed by atoms with Crippen LogP contribution in [0.4, 0.5) is 0 Å². The Morgan fingerprint density at radius 1 is 1.06 bits per heavy atom. The van der Waals surface area contributed by atoms with Crippen LogP contribution in [0.25, 0.3) is 0 Å². The van der Waals surface area contributed by atoms with Crippen LogP contribution in [0.2, 0.25) is 0 Å². The van der Waals surface area contributed by atoms with Crippen LogP contribution in [-0.2, 0) is 10.5 Å². The zero-order valence-corrected chi connectivity index (χ0v) is 19.6. The normalized spacial score (nSPS) is 22.0. The van der Waals surface area contributed by atoms with Gasteiger partial charge in [0.2, 0.25) is 11.7 Å². The van der Waals surface area contributed by atoms with Crippen LogP contribution in [0, 0.1) is 11.3 Å². The number of carbonyl (C=O) groups is 1. The fourth-order valence-electron chi connectivity index (χ4n) is 4.28. The Morgan fingerprint density at radius 2 is 1.70 bits per heavy atom. The molecule has 2 heterocycles. The summed E-state index contributed by atoms with van der Waals surface area (Å²) in [6, 6.07) is 12.7. The number of carbonyl (C=O) groups excluding carboxylic acids is 1. The maximum absolute atomic E-state index is 13.4. The Hall–Kier alpha value is -3.35. The molecule has 0 aromatic heterocycles. The highest BCUT2D eigenvalue weighted by Gasteiger charge is 2.52. The summed E-state index contributed by atoms with van der Waals surface area (Å²) in [7, 11) is 6.10. The molecule has 0 aliphatic carbocycles. The molecule has 2 atom stereocenters. The molecule has 0 bridgehead atoms. The van der Waals surface area contributed by atoms with Crippen LogP contribution in [-0.4, -0.2) is 50.1 Å². The number of amides is 1. The molecule has 9 heteroatoms. The number of rotatable bonds is 6. The lowest BCUT2D eigenvalue weighted by molar-refractivity contribution is -0.149. The molecular weight excluding hydrogens is 444 g/mol. The van der Waals surface area contributed by atoms with Gasteiger partial charge in [-0.25, -0.2) is 0 Å². The largest absolute Gasteiger partial charge is 0.497 e. The molecule has 1 fully saturated rings. The first-order valence-corrected chi connectivity index (χ1v) is 11.2. The molecule has 172 valence electrons. The van der Waals surface area contributed by atoms with Gasteiger partial charge in [-0.1, -0.05) is 12.1 Å². The number of fused-ring (bicyclic) bond motifs is 1. The minimum Gasteiger partial charge on any atom is -0.497 e. The maximum atomic E-state index is 13.4. The molecule has 2 aliphatic heterocycles. The van der Waals surface area contributed by atoms with Crippen LogP contribution >= 0.6 is 11.8 Å². The number of nitriles is 1. The monoisotopic (exact) mass is 468 g/mol. The molecule has 2 aromatic carbocycles. The summed E-state index contributed by atoms with van der Waals surface area (Å²) in [6.45, 7) is 0. The summed E-state index contributed by atoms with van der Waals surface area (Å²) < 4.78 is 21.5. The maximum Gasteiger partial charge on any atom is 0.231 e. The molecule has 8 nitrogen and oxygen atoms in total. The van der Waals surface area contributed by atoms with E-state index in [-0.39, 0.29) is 18.1 Å². The third-order valence-electron chi connectivity index (χ3n) is 5.95. The molecule has 1 N–H and O–H groups in total. The van der Waals surface area contributed by atoms with Crippen molar-refractivity contribution in [3.8, 4) is 29.1 Å². The summed E-state index contributed by atoms with van der Waals surface area (Å²) in [5.74, 6) is 1.40. The van der Waals surface area contributed by atoms with Crippen molar-refractivity contribution in [2.75, 3.05) is 34.2 Å². The van der Waals surface area contributed by atoms with E-state index in [0.717, 1.165) is 0 Å². The third kappa shape index (κ3) is 3.65. The van der Waals surface area contributed by atoms with Gasteiger partial charge >= 0.3 is 0 Å². The van der Waals surface area contributed by atoms with Crippen LogP contribution in [0.3, 0.4) is 0 Å². The lowest BCUT2D eigenvalue weighted by Crippen LogP contribution is -2.48. The van der Waals surface area contributed by atoms with E-state index in [1.807, 2.05) is 0 Å². The van der Waals surface area contributed by atoms with Crippen molar-refractivity contribution in [2.45, 2.75) is 18.1 Å². The predicted octanol–water partition coefficient (Wildman–Crippen LogP) is 3.36. The van der Waals surface area contributed by atoms with Crippen molar-refractivity contribution in [3.05, 3.63) is 58.1 Å². The highest BCUT2D eigenvalue weighted by molar-refractivity contribution is 8.03. The minimum absolute atomic E-state index is 0.0179. The predicted molar refractivity (Wildman–Crippen MR) is 122 cm³/mol. The number of benzene rings is 2. The Kier molecular flexibility index (Phi) is 6.15. The molecule has 1 amide bonds. The number of thioether (sulfide) groups is 1. The molecule has 4 rings (SSSR count). The van der Waals surface area contributed by atoms with Gasteiger partial charge in [0.1, 0.15) is 5.75 Å². The van der Waals surface area contributed by atoms with Crippen molar-refractivity contribution >= 4 is 17.7 Å². The lowest BCUT2D eigenvalue weighted by Gasteiger charge is -2.38. The standard InChI is InChI=1S/C24H24N2O6S/c1-29-16-7-5-15(6-8-16)24(28)13-33-23-18(12-25)17(11-21(27)26(23)24)14-9-19(30-2)22(32-4)20(10-14)31-3/h5-10,17,28H,11,13H2,1-4H3. The van der Waals surface area contributed by atoms with Crippen LogP contribution < -0.4 is 18.9 Å². The van der Waals surface area contributed by atoms with Crippen LogP contribution in [0.5, 0.6) is 23.0 Å². The van der Waals surface area contributed by atoms with Gasteiger partial charge in [-0.3, -0.25) is 9.69 Å². The van der Waals surface area contributed by atoms with Crippen molar-refractivity contribution in [2.24, 2.45) is 0 Å². The van der Waals surface area contributed by atoms with Crippen LogP contribution in [0.1, 0.15) is 23.5 Å². The quantitative estimate of drug-likeness (QED) is 0.689. The van der Waals surface area contributed by atoms with Crippen LogP contribution in [0.15, 0.2) is 47.0 Å². The number of nitrogens with zero attached hydrogens (tertiary/aromatic N) is 2. The fraction of sp³-hybridized carbons (Fsp3) is 0.333. The molecule has 2 aromatic rings. The molecule has 0 radical (unpaired) electrons. The molecule has 0 saturated carbocycles. The molecular formula is C24H24N2O6S. The van der Waals surface area contributed by atoms with Crippen molar-refractivity contribution in [1.29, 1.82) is 5.26 Å². The van der Waals surface area contributed by atoms with Gasteiger partial charge in [-0.05, 0) is 29.8 Å². The van der Waals surface area contributed by atoms with E-state index < -0.39 is 11.6 Å². The highest BCUT2D eigenvalue weighted by Crippen LogP contribution is 2.53. The SMILES string of the molecule is COc1ccc(C2(O)CSC3=C(C#N)C(c4cc(OC)c(OC)c(OC)c4)CC(=O)N32)cc1. The summed E-state index contributed by atoms with van der Waals surface area (Å²) >= 11 is 1.29. The zero-order chi connectivity index (χ0) is 23.8. The second-order valence-corrected chi connectivity index (χ2v) is 8.57. The highest BCUT2D eigenvalue weighted by atomic mass is 32.2. The minimum atomic E-state index is -1.55. The summed E-state index contributed by atoms with van der Waals surface area (Å²) in [6.07, 6.45) is 0.0179. The summed E-state index contributed by atoms with van der Waals surface area (Å²) in [4.78, 5) is 14.7. The molecule has 33 heavy (non-hydrogen) atoms. The zero-order valence-electron chi connectivity index (χ0n) is 18.7. The average Bonchev–Trinajstić information content (AvgIpc) is 3.21. The van der Waals surface area contributed by atoms with E-state index in [0.29, 0.717) is 44.7 Å². The van der Waals surface area contributed by atoms with Gasteiger partial charge in [0.05, 0.1) is 50.9 Å². The number of hydrogen-bond acceptors (Lipinski definition) is 8. The van der Waals surface area contributed by atoms with Crippen molar-refractivity contribution in [3.63, 3.8) is 0 Å². The van der Waals surface area contributed by atoms with E-state index in [2.05, 4.69) is 6.07 Å². The second-order valence-electron chi connectivity index (χ2n) is 7.61. The number of ether oxygens (including phenoxy) is 4. The van der Waals surface area contributed by atoms with Gasteiger partial charge in [0.25, 0.3) is 0 Å². The molecule has 1 saturated heterocycles. The Balaban J connectivity index is 1.80. The number of allylic oxidation sites excluding steroid dienone is 1.